The molecule has 0 saturated heterocycles. The molecule has 98 valence electrons. The molecule has 0 saturated carbocycles. The minimum atomic E-state index is -0.498. The van der Waals surface area contributed by atoms with Gasteiger partial charge in [-0.15, -0.1) is 12.6 Å². The standard InChI is InChI=1S/C13H21BrO2S/c1-5-12(15)11(7-9(3)17)10(4)8(2)6-13(14)16/h6-8,10,12,15-17H,3,5H2,1-2,4H3/b11-7+,13-6-/t8-,10-,12?/m0/s1. The Morgan fingerprint density at radius 3 is 2.35 bits per heavy atom. The summed E-state index contributed by atoms with van der Waals surface area (Å²) in [6.07, 6.45) is 3.66. The minimum Gasteiger partial charge on any atom is -0.502 e. The van der Waals surface area contributed by atoms with Crippen molar-refractivity contribution in [1.82, 2.24) is 0 Å². The molecule has 0 amide bonds. The van der Waals surface area contributed by atoms with E-state index in [9.17, 15) is 10.2 Å². The SMILES string of the molecule is C=C(S)/C=C(/C(O)CC)[C@@H](C)[C@@H](C)/C=C(\O)Br. The highest BCUT2D eigenvalue weighted by Crippen LogP contribution is 2.28. The van der Waals surface area contributed by atoms with Crippen LogP contribution >= 0.6 is 28.6 Å². The zero-order valence-electron chi connectivity index (χ0n) is 10.5. The summed E-state index contributed by atoms with van der Waals surface area (Å²) >= 11 is 7.15. The van der Waals surface area contributed by atoms with Crippen molar-refractivity contribution in [1.29, 1.82) is 0 Å². The molecule has 0 aliphatic heterocycles. The first-order valence-corrected chi connectivity index (χ1v) is 6.87. The van der Waals surface area contributed by atoms with Gasteiger partial charge in [0, 0.05) is 0 Å². The normalized spacial score (nSPS) is 18.7. The third kappa shape index (κ3) is 6.34. The summed E-state index contributed by atoms with van der Waals surface area (Å²) in [6, 6.07) is 0. The van der Waals surface area contributed by atoms with Crippen LogP contribution in [0.2, 0.25) is 0 Å². The summed E-state index contributed by atoms with van der Waals surface area (Å²) in [5, 5.41) is 19.2. The van der Waals surface area contributed by atoms with E-state index in [1.54, 1.807) is 12.2 Å². The van der Waals surface area contributed by atoms with Crippen LogP contribution in [0, 0.1) is 11.8 Å². The zero-order valence-corrected chi connectivity index (χ0v) is 13.0. The Labute approximate surface area is 118 Å². The summed E-state index contributed by atoms with van der Waals surface area (Å²) in [5.41, 5.74) is 0.894. The van der Waals surface area contributed by atoms with Crippen LogP contribution in [-0.2, 0) is 0 Å². The Morgan fingerprint density at radius 2 is 2.00 bits per heavy atom. The van der Waals surface area contributed by atoms with Crippen molar-refractivity contribution in [3.8, 4) is 0 Å². The van der Waals surface area contributed by atoms with Crippen LogP contribution in [0.3, 0.4) is 0 Å². The Kier molecular flexibility index (Phi) is 7.92. The molecule has 0 spiro atoms. The van der Waals surface area contributed by atoms with Crippen molar-refractivity contribution < 1.29 is 10.2 Å². The molecule has 1 unspecified atom stereocenters. The fraction of sp³-hybridized carbons (Fsp3) is 0.538. The van der Waals surface area contributed by atoms with Crippen LogP contribution in [0.15, 0.2) is 33.9 Å². The van der Waals surface area contributed by atoms with E-state index in [0.717, 1.165) is 5.57 Å². The van der Waals surface area contributed by atoms with E-state index in [-0.39, 0.29) is 16.5 Å². The maximum Gasteiger partial charge on any atom is 0.155 e. The smallest absolute Gasteiger partial charge is 0.155 e. The first-order valence-electron chi connectivity index (χ1n) is 5.63. The van der Waals surface area contributed by atoms with Crippen LogP contribution in [0.5, 0.6) is 0 Å². The largest absolute Gasteiger partial charge is 0.502 e. The van der Waals surface area contributed by atoms with E-state index in [1.165, 1.54) is 0 Å². The van der Waals surface area contributed by atoms with Crippen molar-refractivity contribution in [3.63, 3.8) is 0 Å². The molecule has 0 aromatic carbocycles. The molecule has 0 aromatic rings. The molecule has 2 N–H and O–H groups in total. The van der Waals surface area contributed by atoms with Gasteiger partial charge in [0.05, 0.1) is 6.10 Å². The number of aliphatic hydroxyl groups is 2. The van der Waals surface area contributed by atoms with Gasteiger partial charge in [0.15, 0.2) is 4.67 Å². The topological polar surface area (TPSA) is 40.5 Å². The Bertz CT molecular complexity index is 319. The van der Waals surface area contributed by atoms with Crippen molar-refractivity contribution in [3.05, 3.63) is 33.9 Å². The molecule has 3 atom stereocenters. The molecular weight excluding hydrogens is 300 g/mol. The summed E-state index contributed by atoms with van der Waals surface area (Å²) in [7, 11) is 0. The third-order valence-electron chi connectivity index (χ3n) is 2.82. The first kappa shape index (κ1) is 16.8. The quantitative estimate of drug-likeness (QED) is 0.390. The van der Waals surface area contributed by atoms with E-state index in [1.807, 2.05) is 20.8 Å². The third-order valence-corrected chi connectivity index (χ3v) is 3.21. The molecular formula is C13H21BrO2S. The molecule has 0 radical (unpaired) electrons. The van der Waals surface area contributed by atoms with Gasteiger partial charge in [-0.2, -0.15) is 0 Å². The van der Waals surface area contributed by atoms with Crippen LogP contribution in [0.1, 0.15) is 27.2 Å². The van der Waals surface area contributed by atoms with Crippen LogP contribution in [0.25, 0.3) is 0 Å². The van der Waals surface area contributed by atoms with Gasteiger partial charge >= 0.3 is 0 Å². The monoisotopic (exact) mass is 320 g/mol. The lowest BCUT2D eigenvalue weighted by molar-refractivity contribution is 0.189. The van der Waals surface area contributed by atoms with Crippen molar-refractivity contribution in [2.75, 3.05) is 0 Å². The molecule has 0 rings (SSSR count). The number of aliphatic hydroxyl groups excluding tert-OH is 2. The number of rotatable bonds is 6. The average molecular weight is 321 g/mol. The van der Waals surface area contributed by atoms with Crippen molar-refractivity contribution in [2.24, 2.45) is 11.8 Å². The molecule has 0 aliphatic carbocycles. The average Bonchev–Trinajstić information content (AvgIpc) is 2.22. The summed E-state index contributed by atoms with van der Waals surface area (Å²) in [5.74, 6) is 0.211. The van der Waals surface area contributed by atoms with Gasteiger partial charge in [0.2, 0.25) is 0 Å². The maximum absolute atomic E-state index is 9.98. The maximum atomic E-state index is 9.98. The predicted molar refractivity (Wildman–Crippen MR) is 80.5 cm³/mol. The van der Waals surface area contributed by atoms with E-state index >= 15 is 0 Å². The highest BCUT2D eigenvalue weighted by atomic mass is 79.9. The van der Waals surface area contributed by atoms with Gasteiger partial charge in [-0.05, 0) is 56.8 Å². The Hall–Kier alpha value is -0.190. The molecule has 17 heavy (non-hydrogen) atoms. The summed E-state index contributed by atoms with van der Waals surface area (Å²) < 4.78 is 0.117. The molecule has 0 fully saturated rings. The van der Waals surface area contributed by atoms with Gasteiger partial charge in [-0.25, -0.2) is 0 Å². The van der Waals surface area contributed by atoms with Gasteiger partial charge in [0.25, 0.3) is 0 Å². The fourth-order valence-electron chi connectivity index (χ4n) is 1.62. The predicted octanol–water partition coefficient (Wildman–Crippen LogP) is 4.19. The zero-order chi connectivity index (χ0) is 13.6. The van der Waals surface area contributed by atoms with E-state index < -0.39 is 6.10 Å². The minimum absolute atomic E-state index is 0.105. The second-order valence-electron chi connectivity index (χ2n) is 4.20. The van der Waals surface area contributed by atoms with E-state index in [4.69, 9.17) is 0 Å². The second kappa shape index (κ2) is 8.01. The van der Waals surface area contributed by atoms with E-state index in [0.29, 0.717) is 11.3 Å². The molecule has 0 bridgehead atoms. The number of thiol groups is 1. The number of hydrogen-bond donors (Lipinski definition) is 3. The van der Waals surface area contributed by atoms with E-state index in [2.05, 4.69) is 35.1 Å². The summed E-state index contributed by atoms with van der Waals surface area (Å²) in [4.78, 5) is 0.624. The molecule has 0 heterocycles. The first-order chi connectivity index (χ1) is 7.79. The Balaban J connectivity index is 5.06. The van der Waals surface area contributed by atoms with Crippen LogP contribution in [0.4, 0.5) is 0 Å². The lowest BCUT2D eigenvalue weighted by Crippen LogP contribution is -2.20. The van der Waals surface area contributed by atoms with Gasteiger partial charge in [-0.3, -0.25) is 0 Å². The molecule has 4 heteroatoms. The number of halogens is 1. The van der Waals surface area contributed by atoms with Gasteiger partial charge in [0.1, 0.15) is 0 Å². The highest BCUT2D eigenvalue weighted by Gasteiger charge is 2.20. The van der Waals surface area contributed by atoms with Crippen molar-refractivity contribution >= 4 is 28.6 Å². The Morgan fingerprint density at radius 1 is 1.47 bits per heavy atom. The van der Waals surface area contributed by atoms with Crippen LogP contribution in [-0.4, -0.2) is 16.3 Å². The van der Waals surface area contributed by atoms with Gasteiger partial charge in [-0.1, -0.05) is 27.4 Å². The lowest BCUT2D eigenvalue weighted by atomic mass is 9.84. The molecule has 2 nitrogen and oxygen atoms in total. The molecule has 0 aliphatic rings. The van der Waals surface area contributed by atoms with Crippen LogP contribution < -0.4 is 0 Å². The molecule has 0 aromatic heterocycles. The lowest BCUT2D eigenvalue weighted by Gasteiger charge is -2.24. The fourth-order valence-corrected chi connectivity index (χ4v) is 2.19. The second-order valence-corrected chi connectivity index (χ2v) is 5.58. The summed E-state index contributed by atoms with van der Waals surface area (Å²) in [6.45, 7) is 9.64. The number of hydrogen-bond acceptors (Lipinski definition) is 3. The highest BCUT2D eigenvalue weighted by molar-refractivity contribution is 9.11. The number of allylic oxidation sites excluding steroid dienone is 2. The van der Waals surface area contributed by atoms with Crippen molar-refractivity contribution in [2.45, 2.75) is 33.3 Å². The van der Waals surface area contributed by atoms with Gasteiger partial charge < -0.3 is 10.2 Å².